The van der Waals surface area contributed by atoms with Gasteiger partial charge in [-0.1, -0.05) is 18.2 Å². The summed E-state index contributed by atoms with van der Waals surface area (Å²) in [6.45, 7) is 1.18. The van der Waals surface area contributed by atoms with Crippen molar-refractivity contribution < 1.29 is 8.42 Å². The number of benzene rings is 1. The Morgan fingerprint density at radius 1 is 1.31 bits per heavy atom. The van der Waals surface area contributed by atoms with Crippen molar-refractivity contribution in [2.24, 2.45) is 0 Å². The van der Waals surface area contributed by atoms with Crippen LogP contribution in [0, 0.1) is 0 Å². The molecular weight excluding hydrogens is 246 g/mol. The predicted molar refractivity (Wildman–Crippen MR) is 64.1 cm³/mol. The fourth-order valence-electron chi connectivity index (χ4n) is 1.36. The summed E-state index contributed by atoms with van der Waals surface area (Å²) in [5, 5.41) is 4.69. The Balaban J connectivity index is 2.18. The Morgan fingerprint density at radius 2 is 2.00 bits per heavy atom. The highest BCUT2D eigenvalue weighted by Gasteiger charge is 2.22. The van der Waals surface area contributed by atoms with Crippen LogP contribution in [-0.4, -0.2) is 31.6 Å². The molecule has 0 bridgehead atoms. The van der Waals surface area contributed by atoms with E-state index in [9.17, 15) is 8.42 Å². The minimum atomic E-state index is -3.53. The molecule has 1 aromatic carbocycles. The third kappa shape index (κ3) is 2.31. The molecule has 0 aliphatic carbocycles. The molecule has 7 heteroatoms. The highest BCUT2D eigenvalue weighted by molar-refractivity contribution is 7.89. The van der Waals surface area contributed by atoms with Gasteiger partial charge in [0.2, 0.25) is 0 Å². The van der Waals surface area contributed by atoms with Crippen LogP contribution >= 0.6 is 12.2 Å². The second-order valence-electron chi connectivity index (χ2n) is 3.29. The maximum atomic E-state index is 11.9. The average molecular weight is 257 g/mol. The number of hydrogen-bond acceptors (Lipinski definition) is 3. The number of hydrogen-bond donors (Lipinski definition) is 2. The average Bonchev–Trinajstić information content (AvgIpc) is 2.65. The molecule has 1 aliphatic rings. The monoisotopic (exact) mass is 257 g/mol. The molecule has 0 aromatic heterocycles. The van der Waals surface area contributed by atoms with Gasteiger partial charge in [0.25, 0.3) is 10.0 Å². The zero-order valence-corrected chi connectivity index (χ0v) is 10.0. The molecule has 0 unspecified atom stereocenters. The Hall–Kier alpha value is -1.18. The fourth-order valence-corrected chi connectivity index (χ4v) is 2.75. The van der Waals surface area contributed by atoms with E-state index in [0.29, 0.717) is 18.2 Å². The Labute approximate surface area is 99.5 Å². The molecule has 0 amide bonds. The molecule has 0 spiro atoms. The van der Waals surface area contributed by atoms with Gasteiger partial charge < -0.3 is 5.32 Å². The molecule has 0 saturated carbocycles. The molecule has 1 aliphatic heterocycles. The summed E-state index contributed by atoms with van der Waals surface area (Å²) in [6.07, 6.45) is 0. The van der Waals surface area contributed by atoms with Crippen molar-refractivity contribution in [1.29, 1.82) is 0 Å². The van der Waals surface area contributed by atoms with E-state index in [0.717, 1.165) is 0 Å². The second-order valence-corrected chi connectivity index (χ2v) is 5.34. The van der Waals surface area contributed by atoms with Crippen LogP contribution in [0.25, 0.3) is 0 Å². The van der Waals surface area contributed by atoms with E-state index in [2.05, 4.69) is 10.1 Å². The molecule has 86 valence electrons. The van der Waals surface area contributed by atoms with E-state index in [1.165, 1.54) is 17.1 Å². The summed E-state index contributed by atoms with van der Waals surface area (Å²) >= 11 is 4.95. The van der Waals surface area contributed by atoms with Gasteiger partial charge in [0.15, 0.2) is 5.11 Å². The van der Waals surface area contributed by atoms with Gasteiger partial charge in [-0.25, -0.2) is 8.42 Å². The van der Waals surface area contributed by atoms with E-state index < -0.39 is 10.0 Å². The topological polar surface area (TPSA) is 61.4 Å². The lowest BCUT2D eigenvalue weighted by molar-refractivity contribution is 0.418. The van der Waals surface area contributed by atoms with Gasteiger partial charge in [0, 0.05) is 6.54 Å². The summed E-state index contributed by atoms with van der Waals surface area (Å²) < 4.78 is 23.8. The minimum Gasteiger partial charge on any atom is -0.360 e. The number of rotatable bonds is 3. The molecule has 16 heavy (non-hydrogen) atoms. The van der Waals surface area contributed by atoms with E-state index in [4.69, 9.17) is 12.2 Å². The zero-order valence-electron chi connectivity index (χ0n) is 8.38. The number of sulfonamides is 1. The lowest BCUT2D eigenvalue weighted by Gasteiger charge is -2.17. The largest absolute Gasteiger partial charge is 0.360 e. The summed E-state index contributed by atoms with van der Waals surface area (Å²) in [5.74, 6) is 0. The first-order valence-corrected chi connectivity index (χ1v) is 6.61. The number of thiocarbonyl (C=S) groups is 1. The lowest BCUT2D eigenvalue weighted by atomic mass is 10.4. The van der Waals surface area contributed by atoms with Crippen LogP contribution in [0.1, 0.15) is 0 Å². The smallest absolute Gasteiger partial charge is 0.257 e. The van der Waals surface area contributed by atoms with Crippen molar-refractivity contribution in [2.45, 2.75) is 4.90 Å². The highest BCUT2D eigenvalue weighted by Crippen LogP contribution is 2.08. The van der Waals surface area contributed by atoms with Crippen molar-refractivity contribution in [3.8, 4) is 0 Å². The van der Waals surface area contributed by atoms with Crippen molar-refractivity contribution in [3.05, 3.63) is 30.3 Å². The van der Waals surface area contributed by atoms with E-state index in [1.807, 2.05) is 0 Å². The molecule has 5 nitrogen and oxygen atoms in total. The molecule has 2 N–H and O–H groups in total. The lowest BCUT2D eigenvalue weighted by Crippen LogP contribution is -2.43. The molecule has 1 fully saturated rings. The molecule has 1 heterocycles. The predicted octanol–water partition coefficient (Wildman–Crippen LogP) is 0.0700. The minimum absolute atomic E-state index is 0.227. The fraction of sp³-hybridized carbons (Fsp3) is 0.222. The molecule has 0 atom stereocenters. The molecule has 0 radical (unpaired) electrons. The zero-order chi connectivity index (χ0) is 11.6. The quantitative estimate of drug-likeness (QED) is 0.750. The summed E-state index contributed by atoms with van der Waals surface area (Å²) in [5.41, 5.74) is 0. The Kier molecular flexibility index (Phi) is 3.08. The van der Waals surface area contributed by atoms with Gasteiger partial charge in [0.05, 0.1) is 11.4 Å². The van der Waals surface area contributed by atoms with Crippen LogP contribution in [0.15, 0.2) is 35.2 Å². The van der Waals surface area contributed by atoms with E-state index in [1.54, 1.807) is 18.2 Å². The Morgan fingerprint density at radius 3 is 2.56 bits per heavy atom. The van der Waals surface area contributed by atoms with Gasteiger partial charge in [0.1, 0.15) is 0 Å². The van der Waals surface area contributed by atoms with Crippen molar-refractivity contribution in [3.63, 3.8) is 0 Å². The number of hydrazine groups is 1. The maximum absolute atomic E-state index is 11.9. The normalized spacial score (nSPS) is 16.2. The number of nitrogens with one attached hydrogen (secondary N) is 2. The van der Waals surface area contributed by atoms with Crippen LogP contribution in [0.5, 0.6) is 0 Å². The van der Waals surface area contributed by atoms with Crippen LogP contribution in [0.2, 0.25) is 0 Å². The van der Waals surface area contributed by atoms with Gasteiger partial charge in [-0.2, -0.15) is 0 Å². The summed E-state index contributed by atoms with van der Waals surface area (Å²) in [7, 11) is -3.53. The van der Waals surface area contributed by atoms with Crippen molar-refractivity contribution >= 4 is 27.4 Å². The third-order valence-electron chi connectivity index (χ3n) is 2.14. The SMILES string of the molecule is O=S(=O)(NN1CCNC1=S)c1ccccc1. The van der Waals surface area contributed by atoms with Crippen LogP contribution < -0.4 is 10.1 Å². The molecular formula is C9H11N3O2S2. The van der Waals surface area contributed by atoms with Gasteiger partial charge in [-0.3, -0.25) is 5.01 Å². The highest BCUT2D eigenvalue weighted by atomic mass is 32.2. The van der Waals surface area contributed by atoms with Crippen LogP contribution in [0.3, 0.4) is 0 Å². The van der Waals surface area contributed by atoms with Crippen LogP contribution in [0.4, 0.5) is 0 Å². The first kappa shape index (κ1) is 11.3. The Bertz CT molecular complexity index is 487. The van der Waals surface area contributed by atoms with Crippen molar-refractivity contribution in [1.82, 2.24) is 15.2 Å². The summed E-state index contributed by atoms with van der Waals surface area (Å²) in [6, 6.07) is 8.19. The number of nitrogens with zero attached hydrogens (tertiary/aromatic N) is 1. The van der Waals surface area contributed by atoms with Gasteiger partial charge in [-0.15, -0.1) is 4.83 Å². The maximum Gasteiger partial charge on any atom is 0.257 e. The molecule has 2 rings (SSSR count). The summed E-state index contributed by atoms with van der Waals surface area (Å²) in [4.78, 5) is 2.65. The second kappa shape index (κ2) is 4.36. The van der Waals surface area contributed by atoms with Gasteiger partial charge in [-0.05, 0) is 24.4 Å². The molecule has 1 saturated heterocycles. The van der Waals surface area contributed by atoms with Gasteiger partial charge >= 0.3 is 0 Å². The molecule has 1 aromatic rings. The van der Waals surface area contributed by atoms with E-state index >= 15 is 0 Å². The van der Waals surface area contributed by atoms with E-state index in [-0.39, 0.29) is 4.90 Å². The first-order chi connectivity index (χ1) is 7.59. The third-order valence-corrected chi connectivity index (χ3v) is 3.86. The van der Waals surface area contributed by atoms with Crippen LogP contribution in [-0.2, 0) is 10.0 Å². The van der Waals surface area contributed by atoms with Crippen molar-refractivity contribution in [2.75, 3.05) is 13.1 Å². The standard InChI is InChI=1S/C9H11N3O2S2/c13-16(14,8-4-2-1-3-5-8)11-12-7-6-10-9(12)15/h1-5,11H,6-7H2,(H,10,15). The first-order valence-electron chi connectivity index (χ1n) is 4.72.